The largest absolute Gasteiger partial charge is 0.340 e. The van der Waals surface area contributed by atoms with E-state index in [2.05, 4.69) is 21.1 Å². The standard InChI is InChI=1S/C22H24N6/c1-15-5-4-8-18(25-15)22-21(17-10-12-20-23-14-24-28(20)13-17)26-19(27-22)11-9-16-6-2-3-7-16/h4-5,8,10,12-14,16H,2-3,6-7,9,11H2,1H3,(H,26,27). The lowest BCUT2D eigenvalue weighted by molar-refractivity contribution is 0.498. The van der Waals surface area contributed by atoms with E-state index in [0.717, 1.165) is 52.1 Å². The first-order chi connectivity index (χ1) is 13.8. The van der Waals surface area contributed by atoms with Crippen molar-refractivity contribution in [2.45, 2.75) is 45.4 Å². The van der Waals surface area contributed by atoms with Crippen LogP contribution < -0.4 is 0 Å². The molecule has 0 spiro atoms. The van der Waals surface area contributed by atoms with Crippen molar-refractivity contribution in [3.8, 4) is 22.6 Å². The first-order valence-electron chi connectivity index (χ1n) is 10.1. The summed E-state index contributed by atoms with van der Waals surface area (Å²) in [5, 5.41) is 4.27. The molecule has 28 heavy (non-hydrogen) atoms. The van der Waals surface area contributed by atoms with Gasteiger partial charge in [-0.25, -0.2) is 14.5 Å². The normalized spacial score (nSPS) is 14.9. The number of pyridine rings is 2. The van der Waals surface area contributed by atoms with Crippen molar-refractivity contribution < 1.29 is 0 Å². The Morgan fingerprint density at radius 2 is 2.00 bits per heavy atom. The van der Waals surface area contributed by atoms with E-state index in [0.29, 0.717) is 0 Å². The Bertz CT molecular complexity index is 1100. The average Bonchev–Trinajstić information content (AvgIpc) is 3.45. The molecule has 1 saturated carbocycles. The van der Waals surface area contributed by atoms with E-state index in [-0.39, 0.29) is 0 Å². The number of aromatic nitrogens is 6. The van der Waals surface area contributed by atoms with Gasteiger partial charge in [0.05, 0.1) is 17.1 Å². The van der Waals surface area contributed by atoms with Crippen LogP contribution in [0, 0.1) is 12.8 Å². The summed E-state index contributed by atoms with van der Waals surface area (Å²) < 4.78 is 1.79. The fourth-order valence-electron chi connectivity index (χ4n) is 4.21. The molecule has 5 rings (SSSR count). The molecule has 0 aliphatic heterocycles. The summed E-state index contributed by atoms with van der Waals surface area (Å²) in [6.45, 7) is 2.02. The van der Waals surface area contributed by atoms with Crippen molar-refractivity contribution >= 4 is 5.65 Å². The molecule has 0 radical (unpaired) electrons. The molecule has 0 atom stereocenters. The first-order valence-corrected chi connectivity index (χ1v) is 10.1. The molecule has 6 nitrogen and oxygen atoms in total. The molecule has 142 valence electrons. The zero-order valence-electron chi connectivity index (χ0n) is 16.1. The van der Waals surface area contributed by atoms with Gasteiger partial charge in [0.1, 0.15) is 12.2 Å². The van der Waals surface area contributed by atoms with Gasteiger partial charge >= 0.3 is 0 Å². The SMILES string of the molecule is Cc1cccc(-c2[nH]c(CCC3CCCC3)nc2-c2ccc3ncnn3c2)n1. The van der Waals surface area contributed by atoms with Crippen LogP contribution in [0.3, 0.4) is 0 Å². The number of nitrogens with one attached hydrogen (secondary N) is 1. The second-order valence-corrected chi connectivity index (χ2v) is 7.74. The lowest BCUT2D eigenvalue weighted by Gasteiger charge is -2.06. The topological polar surface area (TPSA) is 71.8 Å². The van der Waals surface area contributed by atoms with Crippen LogP contribution in [0.4, 0.5) is 0 Å². The van der Waals surface area contributed by atoms with E-state index in [4.69, 9.17) is 9.97 Å². The highest BCUT2D eigenvalue weighted by atomic mass is 15.3. The molecular weight excluding hydrogens is 348 g/mol. The number of hydrogen-bond donors (Lipinski definition) is 1. The number of H-pyrrole nitrogens is 1. The molecule has 0 amide bonds. The van der Waals surface area contributed by atoms with Crippen LogP contribution in [-0.4, -0.2) is 29.5 Å². The molecule has 1 aliphatic carbocycles. The maximum atomic E-state index is 4.98. The van der Waals surface area contributed by atoms with Gasteiger partial charge in [0.15, 0.2) is 5.65 Å². The second-order valence-electron chi connectivity index (χ2n) is 7.74. The Morgan fingerprint density at radius 1 is 1.11 bits per heavy atom. The van der Waals surface area contributed by atoms with Gasteiger partial charge < -0.3 is 4.98 Å². The number of rotatable bonds is 5. The molecule has 6 heteroatoms. The summed E-state index contributed by atoms with van der Waals surface area (Å²) in [7, 11) is 0. The Balaban J connectivity index is 1.54. The third-order valence-electron chi connectivity index (χ3n) is 5.71. The van der Waals surface area contributed by atoms with Crippen molar-refractivity contribution in [2.24, 2.45) is 5.92 Å². The van der Waals surface area contributed by atoms with Crippen molar-refractivity contribution in [1.29, 1.82) is 0 Å². The fourth-order valence-corrected chi connectivity index (χ4v) is 4.21. The molecular formula is C22H24N6. The van der Waals surface area contributed by atoms with Gasteiger partial charge in [-0.1, -0.05) is 31.7 Å². The van der Waals surface area contributed by atoms with Gasteiger partial charge in [-0.05, 0) is 43.5 Å². The molecule has 4 aromatic rings. The maximum absolute atomic E-state index is 4.98. The molecule has 0 bridgehead atoms. The third-order valence-corrected chi connectivity index (χ3v) is 5.71. The molecule has 1 N–H and O–H groups in total. The maximum Gasteiger partial charge on any atom is 0.155 e. The molecule has 4 heterocycles. The summed E-state index contributed by atoms with van der Waals surface area (Å²) in [6, 6.07) is 10.1. The Labute approximate surface area is 164 Å². The number of fused-ring (bicyclic) bond motifs is 1. The summed E-state index contributed by atoms with van der Waals surface area (Å²) in [5.74, 6) is 1.89. The first kappa shape index (κ1) is 17.1. The zero-order valence-corrected chi connectivity index (χ0v) is 16.1. The Morgan fingerprint density at radius 3 is 2.86 bits per heavy atom. The average molecular weight is 372 g/mol. The zero-order chi connectivity index (χ0) is 18.9. The van der Waals surface area contributed by atoms with Crippen LogP contribution in [0.25, 0.3) is 28.3 Å². The van der Waals surface area contributed by atoms with Gasteiger partial charge in [0.2, 0.25) is 0 Å². The van der Waals surface area contributed by atoms with Gasteiger partial charge in [-0.2, -0.15) is 5.10 Å². The monoisotopic (exact) mass is 372 g/mol. The van der Waals surface area contributed by atoms with Gasteiger partial charge in [-0.15, -0.1) is 0 Å². The van der Waals surface area contributed by atoms with Crippen LogP contribution >= 0.6 is 0 Å². The number of aryl methyl sites for hydroxylation is 2. The number of imidazole rings is 1. The van der Waals surface area contributed by atoms with E-state index in [1.165, 1.54) is 32.1 Å². The van der Waals surface area contributed by atoms with Crippen molar-refractivity contribution in [3.05, 3.63) is 54.4 Å². The molecule has 0 unspecified atom stereocenters. The molecule has 0 aromatic carbocycles. The van der Waals surface area contributed by atoms with Crippen LogP contribution in [0.2, 0.25) is 0 Å². The summed E-state index contributed by atoms with van der Waals surface area (Å²) in [5.41, 5.74) is 5.67. The predicted molar refractivity (Wildman–Crippen MR) is 109 cm³/mol. The number of hydrogen-bond acceptors (Lipinski definition) is 4. The predicted octanol–water partition coefficient (Wildman–Crippen LogP) is 4.61. The highest BCUT2D eigenvalue weighted by Gasteiger charge is 2.19. The quantitative estimate of drug-likeness (QED) is 0.555. The minimum Gasteiger partial charge on any atom is -0.340 e. The van der Waals surface area contributed by atoms with E-state index >= 15 is 0 Å². The summed E-state index contributed by atoms with van der Waals surface area (Å²) >= 11 is 0. The minimum absolute atomic E-state index is 0.830. The lowest BCUT2D eigenvalue weighted by atomic mass is 10.0. The highest BCUT2D eigenvalue weighted by Crippen LogP contribution is 2.32. The molecule has 1 aliphatic rings. The van der Waals surface area contributed by atoms with E-state index < -0.39 is 0 Å². The van der Waals surface area contributed by atoms with Crippen LogP contribution in [0.5, 0.6) is 0 Å². The summed E-state index contributed by atoms with van der Waals surface area (Å²) in [6.07, 6.45) is 11.2. The van der Waals surface area contributed by atoms with Gasteiger partial charge in [0, 0.05) is 23.9 Å². The fraction of sp³-hybridized carbons (Fsp3) is 0.364. The molecule has 4 aromatic heterocycles. The van der Waals surface area contributed by atoms with Crippen LogP contribution in [0.15, 0.2) is 42.9 Å². The number of nitrogens with zero attached hydrogens (tertiary/aromatic N) is 5. The smallest absolute Gasteiger partial charge is 0.155 e. The Hall–Kier alpha value is -3.02. The second kappa shape index (κ2) is 7.19. The molecule has 0 saturated heterocycles. The van der Waals surface area contributed by atoms with Crippen molar-refractivity contribution in [3.63, 3.8) is 0 Å². The highest BCUT2D eigenvalue weighted by molar-refractivity contribution is 5.77. The lowest BCUT2D eigenvalue weighted by Crippen LogP contribution is -1.97. The van der Waals surface area contributed by atoms with Crippen molar-refractivity contribution in [2.75, 3.05) is 0 Å². The molecule has 1 fully saturated rings. The van der Waals surface area contributed by atoms with E-state index in [1.807, 2.05) is 37.4 Å². The van der Waals surface area contributed by atoms with Crippen LogP contribution in [0.1, 0.15) is 43.6 Å². The number of aromatic amines is 1. The van der Waals surface area contributed by atoms with E-state index in [1.54, 1.807) is 10.8 Å². The minimum atomic E-state index is 0.830. The summed E-state index contributed by atoms with van der Waals surface area (Å²) in [4.78, 5) is 17.5. The van der Waals surface area contributed by atoms with Crippen LogP contribution in [-0.2, 0) is 6.42 Å². The van der Waals surface area contributed by atoms with Gasteiger partial charge in [0.25, 0.3) is 0 Å². The van der Waals surface area contributed by atoms with Crippen molar-refractivity contribution in [1.82, 2.24) is 29.5 Å². The van der Waals surface area contributed by atoms with Gasteiger partial charge in [-0.3, -0.25) is 4.98 Å². The third kappa shape index (κ3) is 3.30. The Kier molecular flexibility index (Phi) is 4.39. The van der Waals surface area contributed by atoms with E-state index in [9.17, 15) is 0 Å².